The molecule has 0 atom stereocenters. The van der Waals surface area contributed by atoms with Crippen LogP contribution < -0.4 is 10.1 Å². The van der Waals surface area contributed by atoms with Crippen molar-refractivity contribution in [3.8, 4) is 5.75 Å². The van der Waals surface area contributed by atoms with Crippen molar-refractivity contribution in [2.75, 3.05) is 13.7 Å². The Bertz CT molecular complexity index is 1260. The molecule has 0 radical (unpaired) electrons. The van der Waals surface area contributed by atoms with E-state index in [-0.39, 0.29) is 40.2 Å². The van der Waals surface area contributed by atoms with E-state index in [1.165, 1.54) is 19.2 Å². The number of carbonyl (C=O) groups is 2. The zero-order chi connectivity index (χ0) is 23.2. The van der Waals surface area contributed by atoms with Gasteiger partial charge in [0.25, 0.3) is 5.91 Å². The molecular weight excluding hydrogens is 447 g/mol. The summed E-state index contributed by atoms with van der Waals surface area (Å²) >= 11 is 5.66. The highest BCUT2D eigenvalue weighted by molar-refractivity contribution is 6.30. The number of carbonyl (C=O) groups excluding carboxylic acids is 2. The van der Waals surface area contributed by atoms with Crippen LogP contribution in [0.15, 0.2) is 48.7 Å². The number of ether oxygens (including phenoxy) is 2. The van der Waals surface area contributed by atoms with Gasteiger partial charge in [-0.2, -0.15) is 0 Å². The van der Waals surface area contributed by atoms with Crippen LogP contribution in [-0.4, -0.2) is 36.1 Å². The van der Waals surface area contributed by atoms with Crippen molar-refractivity contribution in [2.24, 2.45) is 5.41 Å². The number of nitrogens with zero attached hydrogens (tertiary/aromatic N) is 1. The molecule has 3 fully saturated rings. The Kier molecular flexibility index (Phi) is 5.24. The maximum atomic E-state index is 13.5. The van der Waals surface area contributed by atoms with Gasteiger partial charge in [-0.3, -0.25) is 9.78 Å². The van der Waals surface area contributed by atoms with Gasteiger partial charge < -0.3 is 14.8 Å². The average molecular weight is 469 g/mol. The van der Waals surface area contributed by atoms with Crippen LogP contribution in [0.4, 0.5) is 4.39 Å². The van der Waals surface area contributed by atoms with Crippen LogP contribution in [0.5, 0.6) is 5.75 Å². The van der Waals surface area contributed by atoms with E-state index in [1.54, 1.807) is 12.3 Å². The average Bonchev–Trinajstić information content (AvgIpc) is 2.77. The van der Waals surface area contributed by atoms with E-state index in [2.05, 4.69) is 10.3 Å². The van der Waals surface area contributed by atoms with Gasteiger partial charge in [0, 0.05) is 23.2 Å². The van der Waals surface area contributed by atoms with Crippen molar-refractivity contribution in [1.82, 2.24) is 10.3 Å². The molecule has 6 rings (SSSR count). The monoisotopic (exact) mass is 468 g/mol. The lowest BCUT2D eigenvalue weighted by atomic mass is 9.38. The number of hydrogen-bond acceptors (Lipinski definition) is 5. The molecule has 0 unspecified atom stereocenters. The molecule has 3 saturated carbocycles. The van der Waals surface area contributed by atoms with E-state index >= 15 is 0 Å². The number of pyridine rings is 1. The first-order valence-corrected chi connectivity index (χ1v) is 11.0. The van der Waals surface area contributed by atoms with Crippen LogP contribution in [-0.2, 0) is 16.0 Å². The molecule has 0 saturated heterocycles. The Morgan fingerprint density at radius 3 is 2.67 bits per heavy atom. The van der Waals surface area contributed by atoms with Crippen molar-refractivity contribution in [3.63, 3.8) is 0 Å². The third-order valence-electron chi connectivity index (χ3n) is 6.62. The molecule has 0 aliphatic heterocycles. The van der Waals surface area contributed by atoms with Crippen molar-refractivity contribution in [1.29, 1.82) is 0 Å². The van der Waals surface area contributed by atoms with Crippen molar-refractivity contribution in [3.05, 3.63) is 70.6 Å². The molecule has 2 aromatic carbocycles. The Hall–Kier alpha value is -3.19. The Labute approximate surface area is 195 Å². The summed E-state index contributed by atoms with van der Waals surface area (Å²) in [6, 6.07) is 11.5. The van der Waals surface area contributed by atoms with Crippen LogP contribution in [0, 0.1) is 11.2 Å². The smallest absolute Gasteiger partial charge is 0.337 e. The first-order chi connectivity index (χ1) is 15.8. The lowest BCUT2D eigenvalue weighted by molar-refractivity contribution is -0.165. The predicted molar refractivity (Wildman–Crippen MR) is 121 cm³/mol. The van der Waals surface area contributed by atoms with E-state index in [4.69, 9.17) is 21.1 Å². The van der Waals surface area contributed by atoms with E-state index < -0.39 is 5.82 Å². The minimum absolute atomic E-state index is 0.00876. The molecule has 1 aromatic heterocycles. The summed E-state index contributed by atoms with van der Waals surface area (Å²) in [6.07, 6.45) is 5.32. The number of esters is 1. The molecular formula is C25H22ClFN2O4. The Morgan fingerprint density at radius 2 is 1.94 bits per heavy atom. The molecule has 6 nitrogen and oxygen atoms in total. The summed E-state index contributed by atoms with van der Waals surface area (Å²) < 4.78 is 23.7. The van der Waals surface area contributed by atoms with Gasteiger partial charge in [-0.1, -0.05) is 11.6 Å². The standard InChI is InChI=1S/C25H22ClFN2O4/c1-32-23(31)15-2-5-21-18(8-15)16(6-7-28-21)10-24-12-25(13-24,14-24)29-22(30)11-33-17-3-4-19(26)20(27)9-17/h2-9H,10-14H2,1H3,(H,29,30). The Balaban J connectivity index is 1.19. The van der Waals surface area contributed by atoms with Crippen LogP contribution in [0.3, 0.4) is 0 Å². The number of halogens is 2. The zero-order valence-electron chi connectivity index (χ0n) is 18.0. The minimum atomic E-state index is -0.585. The van der Waals surface area contributed by atoms with Gasteiger partial charge in [0.2, 0.25) is 0 Å². The van der Waals surface area contributed by atoms with Crippen molar-refractivity contribution in [2.45, 2.75) is 31.2 Å². The molecule has 0 spiro atoms. The molecule has 3 aliphatic carbocycles. The molecule has 1 amide bonds. The number of hydrogen-bond donors (Lipinski definition) is 1. The number of rotatable bonds is 7. The van der Waals surface area contributed by atoms with E-state index in [0.29, 0.717) is 5.56 Å². The van der Waals surface area contributed by atoms with Gasteiger partial charge in [0.05, 0.1) is 23.2 Å². The maximum Gasteiger partial charge on any atom is 0.337 e. The number of aromatic nitrogens is 1. The topological polar surface area (TPSA) is 77.5 Å². The molecule has 3 aromatic rings. The summed E-state index contributed by atoms with van der Waals surface area (Å²) in [5, 5.41) is 4.04. The number of amides is 1. The second-order valence-corrected chi connectivity index (χ2v) is 9.50. The highest BCUT2D eigenvalue weighted by Crippen LogP contribution is 2.68. The van der Waals surface area contributed by atoms with Crippen LogP contribution in [0.2, 0.25) is 5.02 Å². The summed E-state index contributed by atoms with van der Waals surface area (Å²) in [7, 11) is 1.37. The predicted octanol–water partition coefficient (Wildman–Crippen LogP) is 4.47. The summed E-state index contributed by atoms with van der Waals surface area (Å²) in [6.45, 7) is -0.179. The van der Waals surface area contributed by atoms with Crippen LogP contribution in [0.1, 0.15) is 35.2 Å². The molecule has 1 heterocycles. The third-order valence-corrected chi connectivity index (χ3v) is 6.93. The quantitative estimate of drug-likeness (QED) is 0.517. The van der Waals surface area contributed by atoms with Gasteiger partial charge in [-0.15, -0.1) is 0 Å². The van der Waals surface area contributed by atoms with Gasteiger partial charge in [-0.05, 0) is 73.1 Å². The normalized spacial score (nSPS) is 22.8. The molecule has 3 aliphatic rings. The minimum Gasteiger partial charge on any atom is -0.484 e. The first-order valence-electron chi connectivity index (χ1n) is 10.7. The van der Waals surface area contributed by atoms with Crippen molar-refractivity contribution < 1.29 is 23.5 Å². The van der Waals surface area contributed by atoms with Gasteiger partial charge >= 0.3 is 5.97 Å². The fourth-order valence-corrected chi connectivity index (χ4v) is 5.49. The number of nitrogens with one attached hydrogen (secondary N) is 1. The Morgan fingerprint density at radius 1 is 1.15 bits per heavy atom. The van der Waals surface area contributed by atoms with Crippen LogP contribution in [0.25, 0.3) is 10.9 Å². The second-order valence-electron chi connectivity index (χ2n) is 9.09. The highest BCUT2D eigenvalue weighted by Gasteiger charge is 2.67. The molecule has 1 N–H and O–H groups in total. The van der Waals surface area contributed by atoms with E-state index in [1.807, 2.05) is 18.2 Å². The lowest BCUT2D eigenvalue weighted by Gasteiger charge is -2.71. The SMILES string of the molecule is COC(=O)c1ccc2nccc(CC34CC(NC(=O)COc5ccc(Cl)c(F)c5)(C3)C4)c2c1. The van der Waals surface area contributed by atoms with Crippen LogP contribution >= 0.6 is 11.6 Å². The van der Waals surface area contributed by atoms with E-state index in [0.717, 1.165) is 48.2 Å². The molecule has 170 valence electrons. The maximum absolute atomic E-state index is 13.5. The van der Waals surface area contributed by atoms with Gasteiger partial charge in [0.1, 0.15) is 11.6 Å². The number of benzene rings is 2. The summed E-state index contributed by atoms with van der Waals surface area (Å²) in [5.74, 6) is -0.923. The first kappa shape index (κ1) is 21.6. The third kappa shape index (κ3) is 4.02. The summed E-state index contributed by atoms with van der Waals surface area (Å²) in [5.41, 5.74) is 2.43. The lowest BCUT2D eigenvalue weighted by Crippen LogP contribution is -2.75. The highest BCUT2D eigenvalue weighted by atomic mass is 35.5. The number of methoxy groups -OCH3 is 1. The van der Waals surface area contributed by atoms with Crippen molar-refractivity contribution >= 4 is 34.4 Å². The summed E-state index contributed by atoms with van der Waals surface area (Å²) in [4.78, 5) is 28.7. The molecule has 8 heteroatoms. The van der Waals surface area contributed by atoms with E-state index in [9.17, 15) is 14.0 Å². The van der Waals surface area contributed by atoms with Gasteiger partial charge in [0.15, 0.2) is 6.61 Å². The molecule has 33 heavy (non-hydrogen) atoms. The largest absolute Gasteiger partial charge is 0.484 e. The second kappa shape index (κ2) is 7.99. The zero-order valence-corrected chi connectivity index (χ0v) is 18.7. The molecule has 2 bridgehead atoms. The van der Waals surface area contributed by atoms with Gasteiger partial charge in [-0.25, -0.2) is 9.18 Å². The fourth-order valence-electron chi connectivity index (χ4n) is 5.37. The number of fused-ring (bicyclic) bond motifs is 1. The fraction of sp³-hybridized carbons (Fsp3) is 0.320.